The first-order valence-corrected chi connectivity index (χ1v) is 7.06. The maximum atomic E-state index is 12.2. The molecule has 1 heterocycles. The van der Waals surface area contributed by atoms with Crippen LogP contribution in [0.4, 0.5) is 11.4 Å². The lowest BCUT2D eigenvalue weighted by Crippen LogP contribution is -2.47. The molecule has 0 bridgehead atoms. The van der Waals surface area contributed by atoms with Crippen LogP contribution in [0.2, 0.25) is 0 Å². The van der Waals surface area contributed by atoms with Crippen molar-refractivity contribution in [3.05, 3.63) is 24.3 Å². The van der Waals surface area contributed by atoms with Gasteiger partial charge in [-0.05, 0) is 31.2 Å². The van der Waals surface area contributed by atoms with Gasteiger partial charge in [0.25, 0.3) is 0 Å². The van der Waals surface area contributed by atoms with E-state index in [9.17, 15) is 9.59 Å². The number of benzene rings is 1. The number of ether oxygens (including phenoxy) is 1. The summed E-state index contributed by atoms with van der Waals surface area (Å²) in [5, 5.41) is 5.57. The Balaban J connectivity index is 1.90. The van der Waals surface area contributed by atoms with Crippen molar-refractivity contribution in [3.63, 3.8) is 0 Å². The minimum Gasteiger partial charge on any atom is -0.379 e. The summed E-state index contributed by atoms with van der Waals surface area (Å²) in [6.45, 7) is 6.24. The number of hydrogen-bond acceptors (Lipinski definition) is 4. The number of nitrogens with one attached hydrogen (secondary N) is 2. The lowest BCUT2D eigenvalue weighted by Gasteiger charge is -2.31. The second kappa shape index (κ2) is 7.19. The van der Waals surface area contributed by atoms with Gasteiger partial charge in [-0.25, -0.2) is 0 Å². The topological polar surface area (TPSA) is 70.7 Å². The van der Waals surface area contributed by atoms with E-state index >= 15 is 0 Å². The quantitative estimate of drug-likeness (QED) is 0.877. The van der Waals surface area contributed by atoms with Crippen LogP contribution in [0.15, 0.2) is 24.3 Å². The Morgan fingerprint density at radius 2 is 1.62 bits per heavy atom. The predicted octanol–water partition coefficient (Wildman–Crippen LogP) is 1.30. The molecule has 0 saturated carbocycles. The fraction of sp³-hybridized carbons (Fsp3) is 0.467. The fourth-order valence-corrected chi connectivity index (χ4v) is 2.22. The molecule has 1 unspecified atom stereocenters. The van der Waals surface area contributed by atoms with E-state index in [1.54, 1.807) is 24.3 Å². The Morgan fingerprint density at radius 1 is 1.10 bits per heavy atom. The maximum Gasteiger partial charge on any atom is 0.241 e. The van der Waals surface area contributed by atoms with Crippen LogP contribution in [0.5, 0.6) is 0 Å². The van der Waals surface area contributed by atoms with Gasteiger partial charge in [-0.2, -0.15) is 0 Å². The second-order valence-corrected chi connectivity index (χ2v) is 5.07. The van der Waals surface area contributed by atoms with E-state index in [2.05, 4.69) is 15.5 Å². The molecule has 2 N–H and O–H groups in total. The van der Waals surface area contributed by atoms with Crippen molar-refractivity contribution in [3.8, 4) is 0 Å². The number of rotatable bonds is 4. The summed E-state index contributed by atoms with van der Waals surface area (Å²) in [5.41, 5.74) is 1.43. The fourth-order valence-electron chi connectivity index (χ4n) is 2.22. The zero-order valence-electron chi connectivity index (χ0n) is 12.4. The molecular weight excluding hydrogens is 270 g/mol. The van der Waals surface area contributed by atoms with E-state index in [1.807, 2.05) is 6.92 Å². The zero-order valence-corrected chi connectivity index (χ0v) is 12.4. The van der Waals surface area contributed by atoms with Crippen LogP contribution in [0.25, 0.3) is 0 Å². The van der Waals surface area contributed by atoms with Crippen LogP contribution in [0.3, 0.4) is 0 Å². The molecule has 6 nitrogen and oxygen atoms in total. The Bertz CT molecular complexity index is 495. The van der Waals surface area contributed by atoms with Gasteiger partial charge >= 0.3 is 0 Å². The minimum atomic E-state index is -0.191. The molecule has 1 aliphatic rings. The lowest BCUT2D eigenvalue weighted by atomic mass is 10.2. The summed E-state index contributed by atoms with van der Waals surface area (Å²) in [7, 11) is 0. The molecule has 0 spiro atoms. The Morgan fingerprint density at radius 3 is 2.14 bits per heavy atom. The molecule has 1 fully saturated rings. The highest BCUT2D eigenvalue weighted by Gasteiger charge is 2.23. The van der Waals surface area contributed by atoms with Crippen LogP contribution in [0.1, 0.15) is 13.8 Å². The Kier molecular flexibility index (Phi) is 5.30. The van der Waals surface area contributed by atoms with Crippen molar-refractivity contribution in [2.24, 2.45) is 0 Å². The highest BCUT2D eigenvalue weighted by molar-refractivity contribution is 5.95. The molecule has 1 atom stereocenters. The minimum absolute atomic E-state index is 0.0378. The van der Waals surface area contributed by atoms with Gasteiger partial charge in [0.1, 0.15) is 0 Å². The first kappa shape index (κ1) is 15.5. The van der Waals surface area contributed by atoms with E-state index in [1.165, 1.54) is 6.92 Å². The van der Waals surface area contributed by atoms with E-state index in [4.69, 9.17) is 4.74 Å². The van der Waals surface area contributed by atoms with Crippen molar-refractivity contribution in [2.45, 2.75) is 19.9 Å². The Hall–Kier alpha value is -1.92. The molecular formula is C15H21N3O3. The van der Waals surface area contributed by atoms with E-state index in [0.29, 0.717) is 24.6 Å². The summed E-state index contributed by atoms with van der Waals surface area (Å²) in [5.74, 6) is -0.156. The molecule has 1 saturated heterocycles. The molecule has 114 valence electrons. The molecule has 2 rings (SSSR count). The third-order valence-corrected chi connectivity index (χ3v) is 3.45. The average molecular weight is 291 g/mol. The third kappa shape index (κ3) is 4.54. The molecule has 21 heavy (non-hydrogen) atoms. The van der Waals surface area contributed by atoms with Crippen molar-refractivity contribution in [1.82, 2.24) is 4.90 Å². The normalized spacial score (nSPS) is 17.0. The van der Waals surface area contributed by atoms with Gasteiger partial charge in [-0.15, -0.1) is 0 Å². The van der Waals surface area contributed by atoms with Crippen molar-refractivity contribution < 1.29 is 14.3 Å². The first-order valence-electron chi connectivity index (χ1n) is 7.06. The number of anilines is 2. The molecule has 2 amide bonds. The number of carbonyl (C=O) groups is 2. The highest BCUT2D eigenvalue weighted by atomic mass is 16.5. The number of hydrogen-bond donors (Lipinski definition) is 2. The average Bonchev–Trinajstić information content (AvgIpc) is 2.49. The number of nitrogens with zero attached hydrogens (tertiary/aromatic N) is 1. The first-order chi connectivity index (χ1) is 10.1. The van der Waals surface area contributed by atoms with E-state index in [-0.39, 0.29) is 17.9 Å². The van der Waals surface area contributed by atoms with E-state index in [0.717, 1.165) is 13.1 Å². The van der Waals surface area contributed by atoms with Crippen molar-refractivity contribution >= 4 is 23.2 Å². The summed E-state index contributed by atoms with van der Waals surface area (Å²) in [4.78, 5) is 25.3. The molecule has 1 aromatic carbocycles. The van der Waals surface area contributed by atoms with Crippen molar-refractivity contribution in [2.75, 3.05) is 36.9 Å². The van der Waals surface area contributed by atoms with Crippen LogP contribution >= 0.6 is 0 Å². The summed E-state index contributed by atoms with van der Waals surface area (Å²) < 4.78 is 5.28. The smallest absolute Gasteiger partial charge is 0.241 e. The van der Waals surface area contributed by atoms with Gasteiger partial charge in [-0.1, -0.05) is 0 Å². The molecule has 0 radical (unpaired) electrons. The number of amides is 2. The summed E-state index contributed by atoms with van der Waals surface area (Å²) >= 11 is 0. The highest BCUT2D eigenvalue weighted by Crippen LogP contribution is 2.14. The SMILES string of the molecule is CC(=O)Nc1ccc(NC(=O)C(C)N2CCOCC2)cc1. The largest absolute Gasteiger partial charge is 0.379 e. The Labute approximate surface area is 124 Å². The number of carbonyl (C=O) groups excluding carboxylic acids is 2. The monoisotopic (exact) mass is 291 g/mol. The molecule has 6 heteroatoms. The van der Waals surface area contributed by atoms with Crippen LogP contribution in [-0.4, -0.2) is 49.1 Å². The van der Waals surface area contributed by atoms with Gasteiger partial charge < -0.3 is 15.4 Å². The van der Waals surface area contributed by atoms with Crippen LogP contribution in [-0.2, 0) is 14.3 Å². The van der Waals surface area contributed by atoms with Gasteiger partial charge in [0, 0.05) is 31.4 Å². The van der Waals surface area contributed by atoms with Crippen molar-refractivity contribution in [1.29, 1.82) is 0 Å². The number of morpholine rings is 1. The lowest BCUT2D eigenvalue weighted by molar-refractivity contribution is -0.122. The van der Waals surface area contributed by atoms with Gasteiger partial charge in [0.15, 0.2) is 0 Å². The molecule has 0 aliphatic carbocycles. The third-order valence-electron chi connectivity index (χ3n) is 3.45. The standard InChI is InChI=1S/C15H21N3O3/c1-11(18-7-9-21-10-8-18)15(20)17-14-5-3-13(4-6-14)16-12(2)19/h3-6,11H,7-10H2,1-2H3,(H,16,19)(H,17,20). The molecule has 1 aliphatic heterocycles. The molecule has 0 aromatic heterocycles. The van der Waals surface area contributed by atoms with Gasteiger partial charge in [-0.3, -0.25) is 14.5 Å². The van der Waals surface area contributed by atoms with Gasteiger partial charge in [0.05, 0.1) is 19.3 Å². The van der Waals surface area contributed by atoms with Crippen LogP contribution < -0.4 is 10.6 Å². The second-order valence-electron chi connectivity index (χ2n) is 5.07. The van der Waals surface area contributed by atoms with E-state index < -0.39 is 0 Å². The summed E-state index contributed by atoms with van der Waals surface area (Å²) in [6, 6.07) is 6.88. The zero-order chi connectivity index (χ0) is 15.2. The summed E-state index contributed by atoms with van der Waals surface area (Å²) in [6.07, 6.45) is 0. The van der Waals surface area contributed by atoms with Crippen LogP contribution in [0, 0.1) is 0 Å². The van der Waals surface area contributed by atoms with Gasteiger partial charge in [0.2, 0.25) is 11.8 Å². The predicted molar refractivity (Wildman–Crippen MR) is 81.2 cm³/mol. The molecule has 1 aromatic rings. The maximum absolute atomic E-state index is 12.2.